The van der Waals surface area contributed by atoms with Crippen LogP contribution >= 0.6 is 0 Å². The predicted octanol–water partition coefficient (Wildman–Crippen LogP) is 3.02. The van der Waals surface area contributed by atoms with Gasteiger partial charge in [0.15, 0.2) is 0 Å². The van der Waals surface area contributed by atoms with Crippen LogP contribution in [-0.4, -0.2) is 16.7 Å². The Labute approximate surface area is 100 Å². The highest BCUT2D eigenvalue weighted by atomic mass is 16.5. The van der Waals surface area contributed by atoms with Crippen molar-refractivity contribution in [2.24, 2.45) is 0 Å². The molecule has 1 N–H and O–H groups in total. The lowest BCUT2D eigenvalue weighted by Crippen LogP contribution is -2.36. The van der Waals surface area contributed by atoms with Crippen molar-refractivity contribution in [2.45, 2.75) is 44.1 Å². The smallest absolute Gasteiger partial charge is 0.339 e. The van der Waals surface area contributed by atoms with Crippen molar-refractivity contribution >= 4 is 5.97 Å². The van der Waals surface area contributed by atoms with Gasteiger partial charge in [-0.25, -0.2) is 4.79 Å². The fourth-order valence-corrected chi connectivity index (χ4v) is 3.09. The highest BCUT2D eigenvalue weighted by Crippen LogP contribution is 2.44. The van der Waals surface area contributed by atoms with Gasteiger partial charge >= 0.3 is 5.97 Å². The van der Waals surface area contributed by atoms with Crippen molar-refractivity contribution in [1.29, 1.82) is 0 Å². The molecular formula is C14H16O3. The standard InChI is InChI=1S/C14H16O3/c15-13(16)11-6-4-5-10-9-14(17-12(10)11)7-2-1-3-8-14/h4-6H,1-3,7-9H2,(H,15,16). The zero-order chi connectivity index (χ0) is 11.9. The fraction of sp³-hybridized carbons (Fsp3) is 0.500. The lowest BCUT2D eigenvalue weighted by atomic mass is 9.82. The van der Waals surface area contributed by atoms with Crippen LogP contribution < -0.4 is 4.74 Å². The monoisotopic (exact) mass is 232 g/mol. The molecule has 3 rings (SSSR count). The van der Waals surface area contributed by atoms with Crippen LogP contribution in [0.1, 0.15) is 48.0 Å². The van der Waals surface area contributed by atoms with Crippen molar-refractivity contribution in [2.75, 3.05) is 0 Å². The van der Waals surface area contributed by atoms with E-state index < -0.39 is 5.97 Å². The zero-order valence-electron chi connectivity index (χ0n) is 9.74. The first kappa shape index (κ1) is 10.6. The van der Waals surface area contributed by atoms with Crippen LogP contribution in [0.2, 0.25) is 0 Å². The zero-order valence-corrected chi connectivity index (χ0v) is 9.74. The molecule has 90 valence electrons. The largest absolute Gasteiger partial charge is 0.486 e. The van der Waals surface area contributed by atoms with Crippen LogP contribution in [0.4, 0.5) is 0 Å². The molecule has 17 heavy (non-hydrogen) atoms. The highest BCUT2D eigenvalue weighted by Gasteiger charge is 2.41. The van der Waals surface area contributed by atoms with Crippen molar-refractivity contribution in [3.05, 3.63) is 29.3 Å². The number of rotatable bonds is 1. The van der Waals surface area contributed by atoms with E-state index in [9.17, 15) is 4.79 Å². The number of benzene rings is 1. The van der Waals surface area contributed by atoms with Gasteiger partial charge < -0.3 is 9.84 Å². The van der Waals surface area contributed by atoms with Crippen LogP contribution in [0.3, 0.4) is 0 Å². The summed E-state index contributed by atoms with van der Waals surface area (Å²) < 4.78 is 6.05. The molecule has 3 nitrogen and oxygen atoms in total. The van der Waals surface area contributed by atoms with E-state index in [1.54, 1.807) is 6.07 Å². The quantitative estimate of drug-likeness (QED) is 0.809. The summed E-state index contributed by atoms with van der Waals surface area (Å²) in [4.78, 5) is 11.2. The first-order chi connectivity index (χ1) is 8.20. The number of aromatic carboxylic acids is 1. The van der Waals surface area contributed by atoms with E-state index in [4.69, 9.17) is 9.84 Å². The number of hydrogen-bond acceptors (Lipinski definition) is 2. The summed E-state index contributed by atoms with van der Waals surface area (Å²) in [7, 11) is 0. The first-order valence-electron chi connectivity index (χ1n) is 6.24. The van der Waals surface area contributed by atoms with Crippen molar-refractivity contribution in [3.8, 4) is 5.75 Å². The van der Waals surface area contributed by atoms with Crippen LogP contribution in [0.25, 0.3) is 0 Å². The number of carbonyl (C=O) groups is 1. The van der Waals surface area contributed by atoms with Crippen LogP contribution in [0.15, 0.2) is 18.2 Å². The predicted molar refractivity (Wildman–Crippen MR) is 63.5 cm³/mol. The second-order valence-corrected chi connectivity index (χ2v) is 5.12. The molecule has 0 atom stereocenters. The average Bonchev–Trinajstić information content (AvgIpc) is 2.66. The van der Waals surface area contributed by atoms with Crippen molar-refractivity contribution in [3.63, 3.8) is 0 Å². The molecule has 0 saturated heterocycles. The Balaban J connectivity index is 1.97. The van der Waals surface area contributed by atoms with Gasteiger partial charge in [-0.1, -0.05) is 18.6 Å². The molecule has 0 radical (unpaired) electrons. The normalized spacial score (nSPS) is 20.9. The molecule has 0 unspecified atom stereocenters. The van der Waals surface area contributed by atoms with E-state index >= 15 is 0 Å². The van der Waals surface area contributed by atoms with Gasteiger partial charge in [0.05, 0.1) is 0 Å². The second-order valence-electron chi connectivity index (χ2n) is 5.12. The Kier molecular flexibility index (Phi) is 2.35. The van der Waals surface area contributed by atoms with Gasteiger partial charge in [-0.2, -0.15) is 0 Å². The molecule has 1 aromatic rings. The van der Waals surface area contributed by atoms with Gasteiger partial charge in [-0.3, -0.25) is 0 Å². The van der Waals surface area contributed by atoms with E-state index in [1.165, 1.54) is 19.3 Å². The third-order valence-corrected chi connectivity index (χ3v) is 3.92. The van der Waals surface area contributed by atoms with E-state index in [0.717, 1.165) is 24.8 Å². The number of carboxylic acids is 1. The lowest BCUT2D eigenvalue weighted by molar-refractivity contribution is 0.0497. The van der Waals surface area contributed by atoms with Gasteiger partial charge in [-0.05, 0) is 37.3 Å². The number of carboxylic acid groups (broad SMARTS) is 1. The molecule has 1 saturated carbocycles. The Bertz CT molecular complexity index is 459. The summed E-state index contributed by atoms with van der Waals surface area (Å²) >= 11 is 0. The topological polar surface area (TPSA) is 46.5 Å². The Morgan fingerprint density at radius 3 is 2.71 bits per heavy atom. The van der Waals surface area contributed by atoms with Gasteiger partial charge in [0, 0.05) is 6.42 Å². The SMILES string of the molecule is O=C(O)c1cccc2c1OC1(CCCCC1)C2. The summed E-state index contributed by atoms with van der Waals surface area (Å²) in [6.07, 6.45) is 6.64. The van der Waals surface area contributed by atoms with Gasteiger partial charge in [-0.15, -0.1) is 0 Å². The molecule has 1 heterocycles. The van der Waals surface area contributed by atoms with Gasteiger partial charge in [0.1, 0.15) is 16.9 Å². The molecule has 0 bridgehead atoms. The number of hydrogen-bond donors (Lipinski definition) is 1. The maximum atomic E-state index is 11.2. The van der Waals surface area contributed by atoms with E-state index in [1.807, 2.05) is 12.1 Å². The maximum absolute atomic E-state index is 11.2. The van der Waals surface area contributed by atoms with Crippen LogP contribution in [-0.2, 0) is 6.42 Å². The van der Waals surface area contributed by atoms with Gasteiger partial charge in [0.2, 0.25) is 0 Å². The highest BCUT2D eigenvalue weighted by molar-refractivity contribution is 5.91. The number of para-hydroxylation sites is 1. The summed E-state index contributed by atoms with van der Waals surface area (Å²) in [5.74, 6) is -0.281. The van der Waals surface area contributed by atoms with E-state index in [2.05, 4.69) is 0 Å². The Hall–Kier alpha value is -1.51. The third-order valence-electron chi connectivity index (χ3n) is 3.92. The molecule has 1 fully saturated rings. The minimum absolute atomic E-state index is 0.105. The van der Waals surface area contributed by atoms with Crippen molar-refractivity contribution in [1.82, 2.24) is 0 Å². The molecule has 1 aromatic carbocycles. The second kappa shape index (κ2) is 3.76. The molecule has 2 aliphatic rings. The van der Waals surface area contributed by atoms with Crippen molar-refractivity contribution < 1.29 is 14.6 Å². The van der Waals surface area contributed by atoms with Crippen LogP contribution in [0.5, 0.6) is 5.75 Å². The summed E-state index contributed by atoms with van der Waals surface area (Å²) in [6.45, 7) is 0. The number of fused-ring (bicyclic) bond motifs is 1. The van der Waals surface area contributed by atoms with Gasteiger partial charge in [0.25, 0.3) is 0 Å². The third kappa shape index (κ3) is 1.70. The Morgan fingerprint density at radius 2 is 2.00 bits per heavy atom. The first-order valence-corrected chi connectivity index (χ1v) is 6.24. The summed E-state index contributed by atoms with van der Waals surface area (Å²) in [5, 5.41) is 9.16. The van der Waals surface area contributed by atoms with E-state index in [0.29, 0.717) is 11.3 Å². The Morgan fingerprint density at radius 1 is 1.24 bits per heavy atom. The summed E-state index contributed by atoms with van der Waals surface area (Å²) in [6, 6.07) is 5.43. The molecule has 0 amide bonds. The fourth-order valence-electron chi connectivity index (χ4n) is 3.09. The molecule has 3 heteroatoms. The average molecular weight is 232 g/mol. The maximum Gasteiger partial charge on any atom is 0.339 e. The minimum Gasteiger partial charge on any atom is -0.486 e. The molecule has 1 aliphatic carbocycles. The number of ether oxygens (including phenoxy) is 1. The molecule has 0 aromatic heterocycles. The van der Waals surface area contributed by atoms with Crippen LogP contribution in [0, 0.1) is 0 Å². The minimum atomic E-state index is -0.894. The molecule has 1 spiro atoms. The molecule has 1 aliphatic heterocycles. The van der Waals surface area contributed by atoms with E-state index in [-0.39, 0.29) is 5.60 Å². The molecular weight excluding hydrogens is 216 g/mol. The summed E-state index contributed by atoms with van der Waals surface area (Å²) in [5.41, 5.74) is 1.27. The lowest BCUT2D eigenvalue weighted by Gasteiger charge is -2.32.